The van der Waals surface area contributed by atoms with Crippen LogP contribution in [0.25, 0.3) is 28.2 Å². The first kappa shape index (κ1) is 16.1. The standard InChI is InChI=1S/C20H16N4O2S/c1-12-3-5-14-15(9-12)24(18-7-8-21-20(23-18)27-2)19(22-14)13-4-6-16-17(10-13)26-11-25-16/h3-10H,11H2,1-2H3. The number of hydrogen-bond donors (Lipinski definition) is 0. The lowest BCUT2D eigenvalue weighted by atomic mass is 10.2. The Morgan fingerprint density at radius 2 is 1.89 bits per heavy atom. The van der Waals surface area contributed by atoms with Crippen molar-refractivity contribution in [2.24, 2.45) is 0 Å². The molecule has 0 saturated carbocycles. The van der Waals surface area contributed by atoms with E-state index in [0.29, 0.717) is 0 Å². The highest BCUT2D eigenvalue weighted by atomic mass is 32.2. The molecule has 1 aliphatic heterocycles. The molecule has 2 aromatic carbocycles. The smallest absolute Gasteiger partial charge is 0.231 e. The zero-order chi connectivity index (χ0) is 18.4. The summed E-state index contributed by atoms with van der Waals surface area (Å²) in [6.45, 7) is 2.32. The van der Waals surface area contributed by atoms with Crippen LogP contribution in [0, 0.1) is 6.92 Å². The Balaban J connectivity index is 1.79. The molecule has 0 aliphatic carbocycles. The maximum Gasteiger partial charge on any atom is 0.231 e. The molecule has 1 aliphatic rings. The van der Waals surface area contributed by atoms with Gasteiger partial charge in [0, 0.05) is 11.8 Å². The first-order valence-electron chi connectivity index (χ1n) is 8.49. The number of hydrogen-bond acceptors (Lipinski definition) is 6. The predicted molar refractivity (Wildman–Crippen MR) is 105 cm³/mol. The molecule has 6 nitrogen and oxygen atoms in total. The van der Waals surface area contributed by atoms with Gasteiger partial charge in [-0.15, -0.1) is 0 Å². The van der Waals surface area contributed by atoms with E-state index in [1.165, 1.54) is 17.3 Å². The van der Waals surface area contributed by atoms with Crippen molar-refractivity contribution in [3.05, 3.63) is 54.2 Å². The van der Waals surface area contributed by atoms with Crippen molar-refractivity contribution in [1.29, 1.82) is 0 Å². The zero-order valence-corrected chi connectivity index (χ0v) is 15.7. The summed E-state index contributed by atoms with van der Waals surface area (Å²) >= 11 is 1.51. The van der Waals surface area contributed by atoms with E-state index in [-0.39, 0.29) is 6.79 Å². The Hall–Kier alpha value is -3.06. The molecule has 0 N–H and O–H groups in total. The molecular formula is C20H16N4O2S. The number of aryl methyl sites for hydroxylation is 1. The average molecular weight is 376 g/mol. The predicted octanol–water partition coefficient (Wildman–Crippen LogP) is 4.24. The van der Waals surface area contributed by atoms with Crippen LogP contribution < -0.4 is 9.47 Å². The van der Waals surface area contributed by atoms with Crippen molar-refractivity contribution in [2.45, 2.75) is 12.1 Å². The largest absolute Gasteiger partial charge is 0.454 e. The van der Waals surface area contributed by atoms with Crippen LogP contribution in [0.1, 0.15) is 5.56 Å². The molecule has 7 heteroatoms. The molecule has 134 valence electrons. The minimum Gasteiger partial charge on any atom is -0.454 e. The summed E-state index contributed by atoms with van der Waals surface area (Å²) in [7, 11) is 0. The van der Waals surface area contributed by atoms with E-state index in [0.717, 1.165) is 44.9 Å². The van der Waals surface area contributed by atoms with Gasteiger partial charge in [-0.1, -0.05) is 17.8 Å². The molecule has 3 heterocycles. The van der Waals surface area contributed by atoms with E-state index in [4.69, 9.17) is 19.4 Å². The molecule has 0 atom stereocenters. The van der Waals surface area contributed by atoms with Crippen molar-refractivity contribution < 1.29 is 9.47 Å². The monoisotopic (exact) mass is 376 g/mol. The lowest BCUT2D eigenvalue weighted by Crippen LogP contribution is -2.02. The highest BCUT2D eigenvalue weighted by Crippen LogP contribution is 2.37. The molecule has 0 saturated heterocycles. The third-order valence-corrected chi connectivity index (χ3v) is 5.03. The van der Waals surface area contributed by atoms with Gasteiger partial charge < -0.3 is 9.47 Å². The number of nitrogens with zero attached hydrogens (tertiary/aromatic N) is 4. The molecule has 0 unspecified atom stereocenters. The Morgan fingerprint density at radius 3 is 2.78 bits per heavy atom. The lowest BCUT2D eigenvalue weighted by Gasteiger charge is -2.10. The maximum atomic E-state index is 5.55. The number of aromatic nitrogens is 4. The Labute approximate surface area is 160 Å². The lowest BCUT2D eigenvalue weighted by molar-refractivity contribution is 0.174. The van der Waals surface area contributed by atoms with Gasteiger partial charge >= 0.3 is 0 Å². The summed E-state index contributed by atoms with van der Waals surface area (Å²) in [5.41, 5.74) is 4.03. The normalized spacial score (nSPS) is 12.7. The molecule has 0 bridgehead atoms. The van der Waals surface area contributed by atoms with Gasteiger partial charge in [-0.25, -0.2) is 15.0 Å². The highest BCUT2D eigenvalue weighted by molar-refractivity contribution is 7.98. The number of benzene rings is 2. The second-order valence-corrected chi connectivity index (χ2v) is 7.01. The van der Waals surface area contributed by atoms with E-state index in [1.54, 1.807) is 6.20 Å². The average Bonchev–Trinajstić information content (AvgIpc) is 3.31. The number of thioether (sulfide) groups is 1. The fourth-order valence-electron chi connectivity index (χ4n) is 3.20. The van der Waals surface area contributed by atoms with Crippen LogP contribution in [-0.4, -0.2) is 32.6 Å². The van der Waals surface area contributed by atoms with Crippen molar-refractivity contribution in [3.8, 4) is 28.7 Å². The quantitative estimate of drug-likeness (QED) is 0.394. The number of rotatable bonds is 3. The van der Waals surface area contributed by atoms with E-state index >= 15 is 0 Å². The molecule has 5 rings (SSSR count). The van der Waals surface area contributed by atoms with Crippen LogP contribution in [-0.2, 0) is 0 Å². The van der Waals surface area contributed by atoms with E-state index < -0.39 is 0 Å². The van der Waals surface area contributed by atoms with Gasteiger partial charge in [-0.2, -0.15) is 0 Å². The van der Waals surface area contributed by atoms with Gasteiger partial charge in [-0.05, 0) is 55.1 Å². The van der Waals surface area contributed by atoms with Gasteiger partial charge in [0.05, 0.1) is 11.0 Å². The zero-order valence-electron chi connectivity index (χ0n) is 14.8. The van der Waals surface area contributed by atoms with Gasteiger partial charge in [0.2, 0.25) is 6.79 Å². The molecule has 0 radical (unpaired) electrons. The minimum absolute atomic E-state index is 0.247. The summed E-state index contributed by atoms with van der Waals surface area (Å²) in [5, 5.41) is 0.721. The summed E-state index contributed by atoms with van der Waals surface area (Å²) < 4.78 is 13.1. The Kier molecular flexibility index (Phi) is 3.75. The maximum absolute atomic E-state index is 5.55. The third-order valence-electron chi connectivity index (χ3n) is 4.47. The number of fused-ring (bicyclic) bond motifs is 2. The number of imidazole rings is 1. The SMILES string of the molecule is CSc1nccc(-n2c(-c3ccc4c(c3)OCO4)nc3ccc(C)cc32)n1. The summed E-state index contributed by atoms with van der Waals surface area (Å²) in [4.78, 5) is 13.9. The van der Waals surface area contributed by atoms with Crippen LogP contribution in [0.2, 0.25) is 0 Å². The van der Waals surface area contributed by atoms with Gasteiger partial charge in [0.1, 0.15) is 11.6 Å². The number of ether oxygens (including phenoxy) is 2. The molecule has 2 aromatic heterocycles. The topological polar surface area (TPSA) is 62.1 Å². The van der Waals surface area contributed by atoms with Crippen LogP contribution in [0.5, 0.6) is 11.5 Å². The Bertz CT molecular complexity index is 1170. The molecule has 4 aromatic rings. The van der Waals surface area contributed by atoms with Gasteiger partial charge in [-0.3, -0.25) is 4.57 Å². The first-order chi connectivity index (χ1) is 13.2. The van der Waals surface area contributed by atoms with Crippen molar-refractivity contribution in [1.82, 2.24) is 19.5 Å². The van der Waals surface area contributed by atoms with E-state index in [1.807, 2.05) is 36.6 Å². The summed E-state index contributed by atoms with van der Waals surface area (Å²) in [5.74, 6) is 3.08. The molecule has 0 amide bonds. The first-order valence-corrected chi connectivity index (χ1v) is 9.72. The Morgan fingerprint density at radius 1 is 1.00 bits per heavy atom. The van der Waals surface area contributed by atoms with E-state index in [9.17, 15) is 0 Å². The fraction of sp³-hybridized carbons (Fsp3) is 0.150. The molecule has 0 spiro atoms. The molecular weight excluding hydrogens is 360 g/mol. The van der Waals surface area contributed by atoms with Crippen LogP contribution in [0.4, 0.5) is 0 Å². The minimum atomic E-state index is 0.247. The second-order valence-electron chi connectivity index (χ2n) is 6.23. The van der Waals surface area contributed by atoms with Crippen molar-refractivity contribution in [3.63, 3.8) is 0 Å². The van der Waals surface area contributed by atoms with Gasteiger partial charge in [0.25, 0.3) is 0 Å². The third kappa shape index (κ3) is 2.71. The summed E-state index contributed by atoms with van der Waals surface area (Å²) in [6, 6.07) is 14.0. The second kappa shape index (κ2) is 6.28. The molecule has 27 heavy (non-hydrogen) atoms. The van der Waals surface area contributed by atoms with Gasteiger partial charge in [0.15, 0.2) is 16.7 Å². The van der Waals surface area contributed by atoms with Crippen molar-refractivity contribution >= 4 is 22.8 Å². The van der Waals surface area contributed by atoms with Crippen LogP contribution in [0.15, 0.2) is 53.8 Å². The van der Waals surface area contributed by atoms with Crippen LogP contribution >= 0.6 is 11.8 Å². The molecule has 0 fully saturated rings. The fourth-order valence-corrected chi connectivity index (χ4v) is 3.55. The van der Waals surface area contributed by atoms with Crippen molar-refractivity contribution in [2.75, 3.05) is 13.0 Å². The van der Waals surface area contributed by atoms with E-state index in [2.05, 4.69) is 28.6 Å². The summed E-state index contributed by atoms with van der Waals surface area (Å²) in [6.07, 6.45) is 3.74. The van der Waals surface area contributed by atoms with Crippen LogP contribution in [0.3, 0.4) is 0 Å². The highest BCUT2D eigenvalue weighted by Gasteiger charge is 2.19.